The Morgan fingerprint density at radius 1 is 0.600 bits per heavy atom. The molecule has 1 aliphatic heterocycles. The van der Waals surface area contributed by atoms with Gasteiger partial charge < -0.3 is 14.5 Å². The fraction of sp³-hybridized carbons (Fsp3) is 0.0625. The van der Waals surface area contributed by atoms with Crippen LogP contribution in [0, 0.1) is 11.8 Å². The third-order valence-corrected chi connectivity index (χ3v) is 6.24. The maximum atomic E-state index is 6.98. The fourth-order valence-electron chi connectivity index (χ4n) is 4.63. The lowest BCUT2D eigenvalue weighted by molar-refractivity contribution is -0.0521. The molecule has 0 bridgehead atoms. The minimum atomic E-state index is -0.808. The van der Waals surface area contributed by atoms with E-state index in [1.807, 2.05) is 84.9 Å². The highest BCUT2D eigenvalue weighted by Gasteiger charge is 2.45. The summed E-state index contributed by atoms with van der Waals surface area (Å²) in [4.78, 5) is 0. The van der Waals surface area contributed by atoms with Crippen LogP contribution in [-0.4, -0.2) is 0 Å². The zero-order valence-electron chi connectivity index (χ0n) is 19.0. The summed E-state index contributed by atoms with van der Waals surface area (Å²) < 4.78 is 13.1. The standard InChI is InChI=1S/C32H23NO2/c1-4-12-24(13-5-1)20-21-27-22-23-30(34-27)31-33-29-19-11-10-18-28(29)32(35-31,25-14-6-2-7-15-25)26-16-8-3-9-17-26/h1-19,22-23,31,33H/t31-/m0/s1. The minimum Gasteiger partial charge on any atom is -0.448 e. The first kappa shape index (κ1) is 21.0. The fourth-order valence-corrected chi connectivity index (χ4v) is 4.63. The zero-order valence-corrected chi connectivity index (χ0v) is 19.0. The van der Waals surface area contributed by atoms with Crippen molar-refractivity contribution in [1.82, 2.24) is 0 Å². The van der Waals surface area contributed by atoms with E-state index in [0.717, 1.165) is 27.9 Å². The normalized spacial score (nSPS) is 15.8. The predicted octanol–water partition coefficient (Wildman–Crippen LogP) is 7.11. The number of ether oxygens (including phenoxy) is 1. The first-order valence-electron chi connectivity index (χ1n) is 11.6. The van der Waals surface area contributed by atoms with Crippen LogP contribution in [0.25, 0.3) is 0 Å². The van der Waals surface area contributed by atoms with Gasteiger partial charge in [-0.25, -0.2) is 0 Å². The lowest BCUT2D eigenvalue weighted by Crippen LogP contribution is -2.40. The van der Waals surface area contributed by atoms with Crippen molar-refractivity contribution in [2.45, 2.75) is 11.8 Å². The second-order valence-corrected chi connectivity index (χ2v) is 8.42. The highest BCUT2D eigenvalue weighted by Crippen LogP contribution is 2.50. The summed E-state index contributed by atoms with van der Waals surface area (Å²) in [5.41, 5.74) is 4.31. The second kappa shape index (κ2) is 9.02. The van der Waals surface area contributed by atoms with E-state index in [0.29, 0.717) is 11.5 Å². The van der Waals surface area contributed by atoms with E-state index in [1.165, 1.54) is 0 Å². The van der Waals surface area contributed by atoms with Gasteiger partial charge in [-0.3, -0.25) is 0 Å². The molecule has 0 saturated carbocycles. The van der Waals surface area contributed by atoms with Gasteiger partial charge in [0, 0.05) is 16.8 Å². The topological polar surface area (TPSA) is 34.4 Å². The Labute approximate surface area is 205 Å². The van der Waals surface area contributed by atoms with E-state index in [4.69, 9.17) is 9.15 Å². The molecule has 168 valence electrons. The van der Waals surface area contributed by atoms with E-state index < -0.39 is 11.8 Å². The number of anilines is 1. The Balaban J connectivity index is 1.45. The number of hydrogen-bond acceptors (Lipinski definition) is 3. The first-order chi connectivity index (χ1) is 17.3. The molecule has 1 aromatic heterocycles. The van der Waals surface area contributed by atoms with E-state index in [2.05, 4.69) is 59.6 Å². The van der Waals surface area contributed by atoms with Crippen molar-refractivity contribution in [2.75, 3.05) is 5.32 Å². The molecule has 0 unspecified atom stereocenters. The van der Waals surface area contributed by atoms with Gasteiger partial charge in [0.25, 0.3) is 0 Å². The summed E-state index contributed by atoms with van der Waals surface area (Å²) in [5, 5.41) is 3.53. The van der Waals surface area contributed by atoms with Crippen LogP contribution in [0.15, 0.2) is 132 Å². The van der Waals surface area contributed by atoms with Crippen LogP contribution >= 0.6 is 0 Å². The molecule has 0 aliphatic carbocycles. The van der Waals surface area contributed by atoms with Gasteiger partial charge in [0.05, 0.1) is 0 Å². The van der Waals surface area contributed by atoms with Gasteiger partial charge in [-0.05, 0) is 47.4 Å². The Morgan fingerprint density at radius 3 is 1.89 bits per heavy atom. The van der Waals surface area contributed by atoms with Crippen molar-refractivity contribution in [1.29, 1.82) is 0 Å². The summed E-state index contributed by atoms with van der Waals surface area (Å²) in [7, 11) is 0. The highest BCUT2D eigenvalue weighted by atomic mass is 16.5. The number of fused-ring (bicyclic) bond motifs is 1. The Bertz CT molecular complexity index is 1460. The van der Waals surface area contributed by atoms with Crippen LogP contribution < -0.4 is 5.32 Å². The van der Waals surface area contributed by atoms with Crippen molar-refractivity contribution in [3.63, 3.8) is 0 Å². The molecule has 0 saturated heterocycles. The van der Waals surface area contributed by atoms with Gasteiger partial charge >= 0.3 is 0 Å². The number of benzene rings is 4. The molecule has 1 aliphatic rings. The lowest BCUT2D eigenvalue weighted by atomic mass is 9.78. The minimum absolute atomic E-state index is 0.502. The van der Waals surface area contributed by atoms with E-state index >= 15 is 0 Å². The maximum Gasteiger partial charge on any atom is 0.188 e. The molecule has 2 heterocycles. The molecule has 1 N–H and O–H groups in total. The average molecular weight is 454 g/mol. The third-order valence-electron chi connectivity index (χ3n) is 6.24. The molecule has 0 fully saturated rings. The summed E-state index contributed by atoms with van der Waals surface area (Å²) in [5.74, 6) is 7.55. The third kappa shape index (κ3) is 3.91. The largest absolute Gasteiger partial charge is 0.448 e. The SMILES string of the molecule is C(#Cc1ccc([C@H]2Nc3ccccc3C(c3ccccc3)(c3ccccc3)O2)o1)c1ccccc1. The van der Waals surface area contributed by atoms with Crippen LogP contribution in [0.5, 0.6) is 0 Å². The van der Waals surface area contributed by atoms with Crippen LogP contribution in [0.4, 0.5) is 5.69 Å². The highest BCUT2D eigenvalue weighted by molar-refractivity contribution is 5.63. The van der Waals surface area contributed by atoms with E-state index in [9.17, 15) is 0 Å². The number of hydrogen-bond donors (Lipinski definition) is 1. The molecule has 35 heavy (non-hydrogen) atoms. The Morgan fingerprint density at radius 2 is 1.20 bits per heavy atom. The van der Waals surface area contributed by atoms with Gasteiger partial charge in [-0.15, -0.1) is 0 Å². The molecule has 5 aromatic rings. The average Bonchev–Trinajstić information content (AvgIpc) is 3.42. The number of nitrogens with one attached hydrogen (secondary N) is 1. The van der Waals surface area contributed by atoms with Crippen LogP contribution in [0.3, 0.4) is 0 Å². The van der Waals surface area contributed by atoms with Crippen LogP contribution in [0.1, 0.15) is 40.0 Å². The second-order valence-electron chi connectivity index (χ2n) is 8.42. The quantitative estimate of drug-likeness (QED) is 0.296. The smallest absolute Gasteiger partial charge is 0.188 e. The summed E-state index contributed by atoms with van der Waals surface area (Å²) in [6.07, 6.45) is -0.502. The van der Waals surface area contributed by atoms with Crippen molar-refractivity contribution in [3.05, 3.63) is 161 Å². The molecule has 0 radical (unpaired) electrons. The van der Waals surface area contributed by atoms with Gasteiger partial charge in [0.2, 0.25) is 0 Å². The Kier molecular flexibility index (Phi) is 5.42. The summed E-state index contributed by atoms with van der Waals surface area (Å²) in [6.45, 7) is 0. The molecule has 0 amide bonds. The molecule has 6 rings (SSSR count). The van der Waals surface area contributed by atoms with E-state index in [-0.39, 0.29) is 0 Å². The summed E-state index contributed by atoms with van der Waals surface area (Å²) in [6, 6.07) is 42.7. The molecule has 3 heteroatoms. The maximum absolute atomic E-state index is 6.98. The summed E-state index contributed by atoms with van der Waals surface area (Å²) >= 11 is 0. The monoisotopic (exact) mass is 453 g/mol. The zero-order chi connectivity index (χ0) is 23.5. The van der Waals surface area contributed by atoms with Gasteiger partial charge in [-0.2, -0.15) is 0 Å². The van der Waals surface area contributed by atoms with Gasteiger partial charge in [0.15, 0.2) is 17.7 Å². The molecular weight excluding hydrogens is 430 g/mol. The van der Waals surface area contributed by atoms with Crippen LogP contribution in [0.2, 0.25) is 0 Å². The lowest BCUT2D eigenvalue weighted by Gasteiger charge is -2.43. The number of para-hydroxylation sites is 1. The molecule has 0 spiro atoms. The molecule has 1 atom stereocenters. The number of furan rings is 1. The predicted molar refractivity (Wildman–Crippen MR) is 138 cm³/mol. The molecule has 4 aromatic carbocycles. The van der Waals surface area contributed by atoms with Crippen molar-refractivity contribution in [2.24, 2.45) is 0 Å². The van der Waals surface area contributed by atoms with Crippen molar-refractivity contribution < 1.29 is 9.15 Å². The van der Waals surface area contributed by atoms with Crippen molar-refractivity contribution >= 4 is 5.69 Å². The molecule has 3 nitrogen and oxygen atoms in total. The van der Waals surface area contributed by atoms with Crippen LogP contribution in [-0.2, 0) is 10.3 Å². The first-order valence-corrected chi connectivity index (χ1v) is 11.6. The molecular formula is C32H23NO2. The van der Waals surface area contributed by atoms with E-state index in [1.54, 1.807) is 0 Å². The van der Waals surface area contributed by atoms with Crippen molar-refractivity contribution in [3.8, 4) is 11.8 Å². The van der Waals surface area contributed by atoms with Gasteiger partial charge in [0.1, 0.15) is 5.60 Å². The van der Waals surface area contributed by atoms with Gasteiger partial charge in [-0.1, -0.05) is 103 Å². The Hall–Kier alpha value is -4.52. The number of rotatable bonds is 3.